The molecule has 2 N–H and O–H groups in total. The number of hydrogen-bond acceptors (Lipinski definition) is 3. The summed E-state index contributed by atoms with van der Waals surface area (Å²) < 4.78 is 0. The van der Waals surface area contributed by atoms with E-state index in [2.05, 4.69) is 5.32 Å². The molecule has 112 valence electrons. The molecule has 0 saturated heterocycles. The van der Waals surface area contributed by atoms with Gasteiger partial charge in [-0.25, -0.2) is 0 Å². The average Bonchev–Trinajstić information content (AvgIpc) is 3.00. The molecule has 2 atom stereocenters. The van der Waals surface area contributed by atoms with Crippen LogP contribution in [0.3, 0.4) is 0 Å². The molecule has 0 bridgehead atoms. The molecule has 21 heavy (non-hydrogen) atoms. The predicted octanol–water partition coefficient (Wildman–Crippen LogP) is 2.96. The second-order valence-electron chi connectivity index (χ2n) is 5.37. The highest BCUT2D eigenvalue weighted by Crippen LogP contribution is 2.27. The minimum absolute atomic E-state index is 0.263. The van der Waals surface area contributed by atoms with Gasteiger partial charge in [0.2, 0.25) is 0 Å². The van der Waals surface area contributed by atoms with Crippen LogP contribution >= 0.6 is 11.3 Å². The van der Waals surface area contributed by atoms with E-state index in [0.29, 0.717) is 6.54 Å². The summed E-state index contributed by atoms with van der Waals surface area (Å²) in [6.07, 6.45) is 0.791. The van der Waals surface area contributed by atoms with Gasteiger partial charge in [0, 0.05) is 17.3 Å². The zero-order valence-electron chi connectivity index (χ0n) is 12.4. The van der Waals surface area contributed by atoms with Gasteiger partial charge in [0.05, 0.1) is 0 Å². The highest BCUT2D eigenvalue weighted by molar-refractivity contribution is 7.09. The first-order valence-corrected chi connectivity index (χ1v) is 7.98. The van der Waals surface area contributed by atoms with Gasteiger partial charge in [-0.2, -0.15) is 0 Å². The molecule has 1 heterocycles. The Morgan fingerprint density at radius 1 is 1.29 bits per heavy atom. The normalized spacial score (nSPS) is 15.2. The third kappa shape index (κ3) is 3.93. The van der Waals surface area contributed by atoms with Crippen LogP contribution in [0, 0.1) is 0 Å². The van der Waals surface area contributed by atoms with Crippen molar-refractivity contribution in [1.82, 2.24) is 5.32 Å². The molecule has 1 amide bonds. The van der Waals surface area contributed by atoms with Crippen molar-refractivity contribution in [1.29, 1.82) is 0 Å². The molecule has 1 aromatic heterocycles. The Kier molecular flexibility index (Phi) is 5.15. The van der Waals surface area contributed by atoms with Crippen LogP contribution in [-0.2, 0) is 11.2 Å². The SMILES string of the molecule is C[C@@H](c1ccccc1)[C@@](C)(O)C(=O)NCCc1cccs1. The van der Waals surface area contributed by atoms with Crippen LogP contribution in [0.25, 0.3) is 0 Å². The van der Waals surface area contributed by atoms with E-state index in [-0.39, 0.29) is 11.8 Å². The molecule has 0 fully saturated rings. The lowest BCUT2D eigenvalue weighted by atomic mass is 9.84. The third-order valence-corrected chi connectivity index (χ3v) is 4.78. The Balaban J connectivity index is 1.93. The van der Waals surface area contributed by atoms with Crippen molar-refractivity contribution in [2.24, 2.45) is 0 Å². The van der Waals surface area contributed by atoms with Gasteiger partial charge in [0.1, 0.15) is 5.60 Å². The Bertz CT molecular complexity index is 564. The number of hydrogen-bond donors (Lipinski definition) is 2. The van der Waals surface area contributed by atoms with Crippen LogP contribution in [0.5, 0.6) is 0 Å². The summed E-state index contributed by atoms with van der Waals surface area (Å²) in [7, 11) is 0. The first-order chi connectivity index (χ1) is 10.0. The topological polar surface area (TPSA) is 49.3 Å². The predicted molar refractivity (Wildman–Crippen MR) is 86.5 cm³/mol. The van der Waals surface area contributed by atoms with E-state index in [4.69, 9.17) is 0 Å². The Morgan fingerprint density at radius 2 is 2.00 bits per heavy atom. The van der Waals surface area contributed by atoms with Gasteiger partial charge in [-0.15, -0.1) is 11.3 Å². The molecular formula is C17H21NO2S. The number of thiophene rings is 1. The van der Waals surface area contributed by atoms with E-state index < -0.39 is 5.60 Å². The van der Waals surface area contributed by atoms with Crippen LogP contribution in [0.15, 0.2) is 47.8 Å². The number of aliphatic hydroxyl groups is 1. The Labute approximate surface area is 129 Å². The van der Waals surface area contributed by atoms with E-state index in [1.807, 2.05) is 54.8 Å². The lowest BCUT2D eigenvalue weighted by Gasteiger charge is -2.29. The fourth-order valence-electron chi connectivity index (χ4n) is 2.20. The van der Waals surface area contributed by atoms with Gasteiger partial charge in [-0.1, -0.05) is 43.3 Å². The zero-order valence-corrected chi connectivity index (χ0v) is 13.2. The van der Waals surface area contributed by atoms with Crippen LogP contribution in [0.4, 0.5) is 0 Å². The largest absolute Gasteiger partial charge is 0.380 e. The van der Waals surface area contributed by atoms with E-state index in [0.717, 1.165) is 12.0 Å². The van der Waals surface area contributed by atoms with Gasteiger partial charge in [0.15, 0.2) is 0 Å². The molecule has 3 nitrogen and oxygen atoms in total. The fraction of sp³-hybridized carbons (Fsp3) is 0.353. The lowest BCUT2D eigenvalue weighted by Crippen LogP contribution is -2.48. The number of rotatable bonds is 6. The van der Waals surface area contributed by atoms with Crippen molar-refractivity contribution in [2.45, 2.75) is 31.8 Å². The summed E-state index contributed by atoms with van der Waals surface area (Å²) in [6.45, 7) is 3.98. The van der Waals surface area contributed by atoms with Crippen LogP contribution in [0.2, 0.25) is 0 Å². The highest BCUT2D eigenvalue weighted by atomic mass is 32.1. The maximum Gasteiger partial charge on any atom is 0.252 e. The maximum absolute atomic E-state index is 12.3. The van der Waals surface area contributed by atoms with E-state index in [9.17, 15) is 9.90 Å². The standard InChI is InChI=1S/C17H21NO2S/c1-13(14-7-4-3-5-8-14)17(2,20)16(19)18-11-10-15-9-6-12-21-15/h3-9,12-13,20H,10-11H2,1-2H3,(H,18,19)/t13-,17+/m0/s1. The Hall–Kier alpha value is -1.65. The second kappa shape index (κ2) is 6.87. The first-order valence-electron chi connectivity index (χ1n) is 7.10. The summed E-state index contributed by atoms with van der Waals surface area (Å²) >= 11 is 1.67. The van der Waals surface area contributed by atoms with E-state index in [1.54, 1.807) is 18.3 Å². The van der Waals surface area contributed by atoms with Gasteiger partial charge >= 0.3 is 0 Å². The van der Waals surface area contributed by atoms with Gasteiger partial charge < -0.3 is 10.4 Å². The Morgan fingerprint density at radius 3 is 2.62 bits per heavy atom. The molecular weight excluding hydrogens is 282 g/mol. The lowest BCUT2D eigenvalue weighted by molar-refractivity contribution is -0.139. The maximum atomic E-state index is 12.3. The minimum Gasteiger partial charge on any atom is -0.380 e. The second-order valence-corrected chi connectivity index (χ2v) is 6.40. The molecule has 0 spiro atoms. The monoisotopic (exact) mass is 303 g/mol. The molecule has 1 aromatic carbocycles. The van der Waals surface area contributed by atoms with Crippen molar-refractivity contribution in [3.63, 3.8) is 0 Å². The van der Waals surface area contributed by atoms with E-state index >= 15 is 0 Å². The molecule has 2 aromatic rings. The molecule has 0 unspecified atom stereocenters. The highest BCUT2D eigenvalue weighted by Gasteiger charge is 2.37. The molecule has 2 rings (SSSR count). The van der Waals surface area contributed by atoms with Gasteiger partial charge in [0.25, 0.3) is 5.91 Å². The molecule has 4 heteroatoms. The van der Waals surface area contributed by atoms with Gasteiger partial charge in [-0.05, 0) is 30.4 Å². The molecule has 0 aliphatic heterocycles. The van der Waals surface area contributed by atoms with Crippen molar-refractivity contribution < 1.29 is 9.90 Å². The number of nitrogens with one attached hydrogen (secondary N) is 1. The average molecular weight is 303 g/mol. The summed E-state index contributed by atoms with van der Waals surface area (Å²) in [4.78, 5) is 13.5. The van der Waals surface area contributed by atoms with Crippen molar-refractivity contribution in [2.75, 3.05) is 6.54 Å². The number of carbonyl (C=O) groups excluding carboxylic acids is 1. The van der Waals surface area contributed by atoms with Crippen molar-refractivity contribution in [3.8, 4) is 0 Å². The minimum atomic E-state index is -1.42. The summed E-state index contributed by atoms with van der Waals surface area (Å²) in [6, 6.07) is 13.6. The van der Waals surface area contributed by atoms with Gasteiger partial charge in [-0.3, -0.25) is 4.79 Å². The molecule has 0 aliphatic rings. The van der Waals surface area contributed by atoms with Crippen molar-refractivity contribution >= 4 is 17.2 Å². The smallest absolute Gasteiger partial charge is 0.252 e. The molecule has 0 radical (unpaired) electrons. The molecule has 0 saturated carbocycles. The fourth-order valence-corrected chi connectivity index (χ4v) is 2.90. The number of carbonyl (C=O) groups is 1. The van der Waals surface area contributed by atoms with Crippen molar-refractivity contribution in [3.05, 3.63) is 58.3 Å². The number of benzene rings is 1. The molecule has 0 aliphatic carbocycles. The van der Waals surface area contributed by atoms with E-state index in [1.165, 1.54) is 4.88 Å². The summed E-state index contributed by atoms with van der Waals surface area (Å²) in [5.41, 5.74) is -0.465. The summed E-state index contributed by atoms with van der Waals surface area (Å²) in [5, 5.41) is 15.4. The number of amides is 1. The van der Waals surface area contributed by atoms with Crippen LogP contribution < -0.4 is 5.32 Å². The van der Waals surface area contributed by atoms with Crippen LogP contribution in [-0.4, -0.2) is 23.2 Å². The zero-order chi connectivity index (χ0) is 15.3. The van der Waals surface area contributed by atoms with Crippen LogP contribution in [0.1, 0.15) is 30.2 Å². The summed E-state index contributed by atoms with van der Waals surface area (Å²) in [5.74, 6) is -0.587. The quantitative estimate of drug-likeness (QED) is 0.862. The third-order valence-electron chi connectivity index (χ3n) is 3.84. The first kappa shape index (κ1) is 15.7.